The standard InChI is InChI=1S/C15H18N2OS2/c1-15(14-16-6-10-20-14)4-7-17(8-5-15)13(18)11-12-3-2-9-19-12/h2-3,6,9-10H,4-5,7-8,11H2,1H3. The molecule has 2 aromatic rings. The van der Waals surface area contributed by atoms with Crippen LogP contribution in [0.5, 0.6) is 0 Å². The number of hydrogen-bond acceptors (Lipinski definition) is 4. The number of hydrogen-bond donors (Lipinski definition) is 0. The third-order valence-corrected chi connectivity index (χ3v) is 6.03. The zero-order valence-electron chi connectivity index (χ0n) is 11.5. The Bertz CT molecular complexity index is 555. The predicted octanol–water partition coefficient (Wildman–Crippen LogP) is 3.33. The van der Waals surface area contributed by atoms with Gasteiger partial charge in [-0.15, -0.1) is 22.7 Å². The lowest BCUT2D eigenvalue weighted by molar-refractivity contribution is -0.131. The topological polar surface area (TPSA) is 33.2 Å². The van der Waals surface area contributed by atoms with Gasteiger partial charge in [0.2, 0.25) is 5.91 Å². The van der Waals surface area contributed by atoms with Crippen molar-refractivity contribution in [2.45, 2.75) is 31.6 Å². The molecule has 0 unspecified atom stereocenters. The number of piperidine rings is 1. The number of carbonyl (C=O) groups excluding carboxylic acids is 1. The van der Waals surface area contributed by atoms with Crippen LogP contribution in [0.4, 0.5) is 0 Å². The highest BCUT2D eigenvalue weighted by Crippen LogP contribution is 2.36. The Morgan fingerprint density at radius 1 is 1.35 bits per heavy atom. The Morgan fingerprint density at radius 3 is 2.75 bits per heavy atom. The van der Waals surface area contributed by atoms with Crippen LogP contribution in [-0.4, -0.2) is 28.9 Å². The minimum atomic E-state index is 0.147. The van der Waals surface area contributed by atoms with Crippen LogP contribution in [0.3, 0.4) is 0 Å². The molecular formula is C15H18N2OS2. The van der Waals surface area contributed by atoms with Crippen LogP contribution in [-0.2, 0) is 16.6 Å². The molecule has 3 heterocycles. The number of nitrogens with zero attached hydrogens (tertiary/aromatic N) is 2. The first-order valence-electron chi connectivity index (χ1n) is 6.87. The molecule has 5 heteroatoms. The van der Waals surface area contributed by atoms with Gasteiger partial charge < -0.3 is 4.90 Å². The second-order valence-corrected chi connectivity index (χ2v) is 7.46. The highest BCUT2D eigenvalue weighted by Gasteiger charge is 2.35. The number of rotatable bonds is 3. The van der Waals surface area contributed by atoms with E-state index in [9.17, 15) is 4.79 Å². The molecule has 1 aliphatic rings. The molecule has 20 heavy (non-hydrogen) atoms. The van der Waals surface area contributed by atoms with Gasteiger partial charge in [-0.1, -0.05) is 13.0 Å². The van der Waals surface area contributed by atoms with Gasteiger partial charge >= 0.3 is 0 Å². The van der Waals surface area contributed by atoms with Crippen LogP contribution in [0.1, 0.15) is 29.7 Å². The molecule has 1 aliphatic heterocycles. The molecule has 1 amide bonds. The predicted molar refractivity (Wildman–Crippen MR) is 83.3 cm³/mol. The summed E-state index contributed by atoms with van der Waals surface area (Å²) in [6.07, 6.45) is 4.44. The maximum atomic E-state index is 12.3. The van der Waals surface area contributed by atoms with E-state index in [1.165, 1.54) is 5.01 Å². The minimum Gasteiger partial charge on any atom is -0.342 e. The van der Waals surface area contributed by atoms with Gasteiger partial charge in [0.15, 0.2) is 0 Å². The Balaban J connectivity index is 1.60. The van der Waals surface area contributed by atoms with Gasteiger partial charge in [0.25, 0.3) is 0 Å². The lowest BCUT2D eigenvalue weighted by Gasteiger charge is -2.38. The fourth-order valence-electron chi connectivity index (χ4n) is 2.66. The van der Waals surface area contributed by atoms with Crippen molar-refractivity contribution in [3.05, 3.63) is 39.0 Å². The van der Waals surface area contributed by atoms with Crippen molar-refractivity contribution in [3.8, 4) is 0 Å². The van der Waals surface area contributed by atoms with Gasteiger partial charge in [-0.2, -0.15) is 0 Å². The Kier molecular flexibility index (Phi) is 3.89. The molecule has 0 atom stereocenters. The SMILES string of the molecule is CC1(c2nccs2)CCN(C(=O)Cc2cccs2)CC1. The maximum absolute atomic E-state index is 12.3. The van der Waals surface area contributed by atoms with Crippen LogP contribution in [0.2, 0.25) is 0 Å². The number of carbonyl (C=O) groups is 1. The maximum Gasteiger partial charge on any atom is 0.227 e. The molecule has 0 saturated carbocycles. The highest BCUT2D eigenvalue weighted by atomic mass is 32.1. The van der Waals surface area contributed by atoms with E-state index in [1.54, 1.807) is 22.7 Å². The van der Waals surface area contributed by atoms with Crippen molar-refractivity contribution >= 4 is 28.6 Å². The zero-order valence-corrected chi connectivity index (χ0v) is 13.2. The van der Waals surface area contributed by atoms with E-state index < -0.39 is 0 Å². The molecule has 0 aromatic carbocycles. The number of likely N-dealkylation sites (tertiary alicyclic amines) is 1. The molecule has 2 aromatic heterocycles. The van der Waals surface area contributed by atoms with Gasteiger partial charge in [-0.05, 0) is 24.3 Å². The molecule has 0 bridgehead atoms. The van der Waals surface area contributed by atoms with Crippen LogP contribution in [0.25, 0.3) is 0 Å². The summed E-state index contributed by atoms with van der Waals surface area (Å²) in [5.74, 6) is 0.258. The number of thiophene rings is 1. The second kappa shape index (κ2) is 5.66. The molecule has 0 N–H and O–H groups in total. The Morgan fingerprint density at radius 2 is 2.15 bits per heavy atom. The molecule has 1 saturated heterocycles. The first-order valence-corrected chi connectivity index (χ1v) is 8.63. The van der Waals surface area contributed by atoms with Gasteiger partial charge in [0.1, 0.15) is 0 Å². The molecule has 0 spiro atoms. The van der Waals surface area contributed by atoms with E-state index >= 15 is 0 Å². The summed E-state index contributed by atoms with van der Waals surface area (Å²) in [5.41, 5.74) is 0.147. The van der Waals surface area contributed by atoms with Crippen molar-refractivity contribution in [3.63, 3.8) is 0 Å². The van der Waals surface area contributed by atoms with Crippen molar-refractivity contribution in [1.82, 2.24) is 9.88 Å². The molecule has 1 fully saturated rings. The molecule has 3 rings (SSSR count). The average molecular weight is 306 g/mol. The normalized spacial score (nSPS) is 18.1. The van der Waals surface area contributed by atoms with Gasteiger partial charge in [-0.3, -0.25) is 4.79 Å². The number of thiazole rings is 1. The lowest BCUT2D eigenvalue weighted by atomic mass is 9.81. The van der Waals surface area contributed by atoms with Crippen molar-refractivity contribution < 1.29 is 4.79 Å². The summed E-state index contributed by atoms with van der Waals surface area (Å²) in [6, 6.07) is 4.04. The summed E-state index contributed by atoms with van der Waals surface area (Å²) in [6.45, 7) is 3.97. The summed E-state index contributed by atoms with van der Waals surface area (Å²) in [7, 11) is 0. The van der Waals surface area contributed by atoms with Gasteiger partial charge in [0, 0.05) is 35.0 Å². The average Bonchev–Trinajstić information content (AvgIpc) is 3.12. The second-order valence-electron chi connectivity index (χ2n) is 5.53. The van der Waals surface area contributed by atoms with E-state index in [0.29, 0.717) is 6.42 Å². The van der Waals surface area contributed by atoms with Crippen molar-refractivity contribution in [1.29, 1.82) is 0 Å². The number of aromatic nitrogens is 1. The van der Waals surface area contributed by atoms with Crippen molar-refractivity contribution in [2.24, 2.45) is 0 Å². The lowest BCUT2D eigenvalue weighted by Crippen LogP contribution is -2.44. The molecule has 0 aliphatic carbocycles. The fourth-order valence-corrected chi connectivity index (χ4v) is 4.22. The summed E-state index contributed by atoms with van der Waals surface area (Å²) in [5, 5.41) is 5.27. The van der Waals surface area contributed by atoms with Gasteiger partial charge in [-0.25, -0.2) is 4.98 Å². The third-order valence-electron chi connectivity index (χ3n) is 4.07. The van der Waals surface area contributed by atoms with Crippen LogP contribution in [0, 0.1) is 0 Å². The van der Waals surface area contributed by atoms with E-state index in [4.69, 9.17) is 0 Å². The minimum absolute atomic E-state index is 0.147. The van der Waals surface area contributed by atoms with Crippen LogP contribution >= 0.6 is 22.7 Å². The summed E-state index contributed by atoms with van der Waals surface area (Å²) >= 11 is 3.39. The van der Waals surface area contributed by atoms with E-state index in [1.807, 2.05) is 34.0 Å². The highest BCUT2D eigenvalue weighted by molar-refractivity contribution is 7.10. The molecule has 0 radical (unpaired) electrons. The van der Waals surface area contributed by atoms with Crippen LogP contribution < -0.4 is 0 Å². The fraction of sp³-hybridized carbons (Fsp3) is 0.467. The Hall–Kier alpha value is -1.20. The largest absolute Gasteiger partial charge is 0.342 e. The summed E-state index contributed by atoms with van der Waals surface area (Å²) in [4.78, 5) is 19.9. The zero-order chi connectivity index (χ0) is 14.0. The number of amides is 1. The Labute approximate surface area is 127 Å². The monoisotopic (exact) mass is 306 g/mol. The van der Waals surface area contributed by atoms with E-state index in [-0.39, 0.29) is 11.3 Å². The first-order chi connectivity index (χ1) is 9.67. The van der Waals surface area contributed by atoms with E-state index in [0.717, 1.165) is 30.8 Å². The molecule has 106 valence electrons. The quantitative estimate of drug-likeness (QED) is 0.871. The third kappa shape index (κ3) is 2.79. The van der Waals surface area contributed by atoms with Crippen LogP contribution in [0.15, 0.2) is 29.1 Å². The molecule has 3 nitrogen and oxygen atoms in total. The summed E-state index contributed by atoms with van der Waals surface area (Å²) < 4.78 is 0. The van der Waals surface area contributed by atoms with E-state index in [2.05, 4.69) is 11.9 Å². The first kappa shape index (κ1) is 13.8. The van der Waals surface area contributed by atoms with Gasteiger partial charge in [0.05, 0.1) is 11.4 Å². The van der Waals surface area contributed by atoms with Crippen molar-refractivity contribution in [2.75, 3.05) is 13.1 Å². The molecular weight excluding hydrogens is 288 g/mol. The smallest absolute Gasteiger partial charge is 0.227 e.